The summed E-state index contributed by atoms with van der Waals surface area (Å²) in [6.07, 6.45) is 0.352. The molecule has 0 aromatic rings. The van der Waals surface area contributed by atoms with Crippen LogP contribution in [-0.4, -0.2) is 55.4 Å². The van der Waals surface area contributed by atoms with Gasteiger partial charge < -0.3 is 9.84 Å². The summed E-state index contributed by atoms with van der Waals surface area (Å²) in [6, 6.07) is 0. The summed E-state index contributed by atoms with van der Waals surface area (Å²) in [5.41, 5.74) is -0.746. The SMILES string of the molecule is COCCCS(=O)(=O)N(CC(=O)O)C(C)(C)C. The third kappa shape index (κ3) is 5.99. The van der Waals surface area contributed by atoms with E-state index in [1.807, 2.05) is 0 Å². The number of hydrogen-bond donors (Lipinski definition) is 1. The zero-order chi connectivity index (χ0) is 13.7. The number of carboxylic acid groups (broad SMARTS) is 1. The molecule has 0 amide bonds. The molecule has 102 valence electrons. The van der Waals surface area contributed by atoms with Gasteiger partial charge in [-0.3, -0.25) is 4.79 Å². The molecule has 0 fully saturated rings. The molecule has 0 spiro atoms. The normalized spacial score (nSPS) is 13.0. The predicted molar refractivity (Wildman–Crippen MR) is 64.4 cm³/mol. The predicted octanol–water partition coefficient (Wildman–Crippen LogP) is 0.538. The second-order valence-electron chi connectivity index (χ2n) is 4.73. The van der Waals surface area contributed by atoms with Crippen molar-refractivity contribution in [1.29, 1.82) is 0 Å². The highest BCUT2D eigenvalue weighted by Crippen LogP contribution is 2.18. The molecule has 0 aliphatic heterocycles. The molecule has 0 heterocycles. The first-order valence-electron chi connectivity index (χ1n) is 5.32. The maximum atomic E-state index is 12.0. The topological polar surface area (TPSA) is 83.9 Å². The van der Waals surface area contributed by atoms with Crippen LogP contribution in [0.1, 0.15) is 27.2 Å². The Labute approximate surface area is 103 Å². The number of carboxylic acids is 1. The van der Waals surface area contributed by atoms with Crippen molar-refractivity contribution in [3.8, 4) is 0 Å². The molecule has 0 aliphatic rings. The third-order valence-corrected chi connectivity index (χ3v) is 4.27. The van der Waals surface area contributed by atoms with Crippen molar-refractivity contribution in [2.24, 2.45) is 0 Å². The Kier molecular flexibility index (Phi) is 6.08. The fourth-order valence-corrected chi connectivity index (χ4v) is 3.22. The van der Waals surface area contributed by atoms with Gasteiger partial charge in [0.05, 0.1) is 5.75 Å². The Hall–Kier alpha value is -0.660. The largest absolute Gasteiger partial charge is 0.480 e. The molecule has 0 aromatic heterocycles. The van der Waals surface area contributed by atoms with Gasteiger partial charge in [0.25, 0.3) is 0 Å². The standard InChI is InChI=1S/C10H21NO5S/c1-10(2,3)11(8-9(12)13)17(14,15)7-5-6-16-4/h5-8H2,1-4H3,(H,12,13). The van der Waals surface area contributed by atoms with Gasteiger partial charge in [-0.1, -0.05) is 0 Å². The molecule has 0 aliphatic carbocycles. The summed E-state index contributed by atoms with van der Waals surface area (Å²) in [4.78, 5) is 10.7. The van der Waals surface area contributed by atoms with E-state index < -0.39 is 28.1 Å². The van der Waals surface area contributed by atoms with Gasteiger partial charge in [0.2, 0.25) is 10.0 Å². The molecule has 0 atom stereocenters. The first-order chi connectivity index (χ1) is 7.61. The molecule has 0 bridgehead atoms. The van der Waals surface area contributed by atoms with E-state index in [4.69, 9.17) is 9.84 Å². The van der Waals surface area contributed by atoms with E-state index in [-0.39, 0.29) is 5.75 Å². The lowest BCUT2D eigenvalue weighted by Crippen LogP contribution is -2.49. The van der Waals surface area contributed by atoms with E-state index in [0.717, 1.165) is 4.31 Å². The Morgan fingerprint density at radius 2 is 1.88 bits per heavy atom. The number of rotatable bonds is 7. The molecule has 1 N–H and O–H groups in total. The van der Waals surface area contributed by atoms with E-state index in [0.29, 0.717) is 13.0 Å². The Morgan fingerprint density at radius 3 is 2.24 bits per heavy atom. The van der Waals surface area contributed by atoms with Gasteiger partial charge in [-0.2, -0.15) is 4.31 Å². The van der Waals surface area contributed by atoms with Gasteiger partial charge in [0.1, 0.15) is 6.54 Å². The first kappa shape index (κ1) is 16.3. The van der Waals surface area contributed by atoms with Gasteiger partial charge in [-0.15, -0.1) is 0 Å². The van der Waals surface area contributed by atoms with Gasteiger partial charge in [-0.25, -0.2) is 8.42 Å². The van der Waals surface area contributed by atoms with Crippen LogP contribution < -0.4 is 0 Å². The highest BCUT2D eigenvalue weighted by atomic mass is 32.2. The highest BCUT2D eigenvalue weighted by Gasteiger charge is 2.33. The minimum atomic E-state index is -3.57. The molecular formula is C10H21NO5S. The lowest BCUT2D eigenvalue weighted by atomic mass is 10.1. The molecule has 0 aromatic carbocycles. The number of methoxy groups -OCH3 is 1. The van der Waals surface area contributed by atoms with Crippen molar-refractivity contribution >= 4 is 16.0 Å². The van der Waals surface area contributed by atoms with Gasteiger partial charge in [0, 0.05) is 19.3 Å². The summed E-state index contributed by atoms with van der Waals surface area (Å²) in [7, 11) is -2.08. The number of aliphatic carboxylic acids is 1. The number of nitrogens with zero attached hydrogens (tertiary/aromatic N) is 1. The van der Waals surface area contributed by atoms with Crippen LogP contribution in [0, 0.1) is 0 Å². The van der Waals surface area contributed by atoms with E-state index in [1.54, 1.807) is 20.8 Å². The summed E-state index contributed by atoms with van der Waals surface area (Å²) >= 11 is 0. The quantitative estimate of drug-likeness (QED) is 0.680. The second-order valence-corrected chi connectivity index (χ2v) is 6.75. The van der Waals surface area contributed by atoms with Gasteiger partial charge in [0.15, 0.2) is 0 Å². The lowest BCUT2D eigenvalue weighted by Gasteiger charge is -2.33. The van der Waals surface area contributed by atoms with E-state index in [2.05, 4.69) is 0 Å². The van der Waals surface area contributed by atoms with Crippen LogP contribution in [-0.2, 0) is 19.6 Å². The molecule has 0 unspecified atom stereocenters. The molecule has 6 nitrogen and oxygen atoms in total. The monoisotopic (exact) mass is 267 g/mol. The van der Waals surface area contributed by atoms with E-state index in [1.165, 1.54) is 7.11 Å². The molecule has 17 heavy (non-hydrogen) atoms. The summed E-state index contributed by atoms with van der Waals surface area (Å²) in [6.45, 7) is 4.83. The molecule has 0 radical (unpaired) electrons. The Morgan fingerprint density at radius 1 is 1.35 bits per heavy atom. The molecule has 7 heteroatoms. The number of sulfonamides is 1. The van der Waals surface area contributed by atoms with Crippen LogP contribution >= 0.6 is 0 Å². The molecular weight excluding hydrogens is 246 g/mol. The molecule has 0 rings (SSSR count). The summed E-state index contributed by atoms with van der Waals surface area (Å²) in [5, 5.41) is 8.75. The van der Waals surface area contributed by atoms with Crippen molar-refractivity contribution in [3.05, 3.63) is 0 Å². The first-order valence-corrected chi connectivity index (χ1v) is 6.93. The molecule has 0 saturated carbocycles. The van der Waals surface area contributed by atoms with Crippen molar-refractivity contribution in [1.82, 2.24) is 4.31 Å². The average molecular weight is 267 g/mol. The highest BCUT2D eigenvalue weighted by molar-refractivity contribution is 7.89. The zero-order valence-electron chi connectivity index (χ0n) is 10.8. The lowest BCUT2D eigenvalue weighted by molar-refractivity contribution is -0.138. The van der Waals surface area contributed by atoms with Crippen LogP contribution in [0.5, 0.6) is 0 Å². The van der Waals surface area contributed by atoms with Gasteiger partial charge in [-0.05, 0) is 27.2 Å². The van der Waals surface area contributed by atoms with Crippen LogP contribution in [0.3, 0.4) is 0 Å². The third-order valence-electron chi connectivity index (χ3n) is 2.11. The number of hydrogen-bond acceptors (Lipinski definition) is 4. The van der Waals surface area contributed by atoms with Crippen LogP contribution in [0.15, 0.2) is 0 Å². The molecule has 0 saturated heterocycles. The smallest absolute Gasteiger partial charge is 0.318 e. The van der Waals surface area contributed by atoms with Crippen LogP contribution in [0.4, 0.5) is 0 Å². The van der Waals surface area contributed by atoms with E-state index >= 15 is 0 Å². The summed E-state index contributed by atoms with van der Waals surface area (Å²) < 4.78 is 29.8. The number of carbonyl (C=O) groups is 1. The van der Waals surface area contributed by atoms with Crippen LogP contribution in [0.2, 0.25) is 0 Å². The van der Waals surface area contributed by atoms with Crippen molar-refractivity contribution < 1.29 is 23.1 Å². The minimum Gasteiger partial charge on any atom is -0.480 e. The van der Waals surface area contributed by atoms with Crippen molar-refractivity contribution in [3.63, 3.8) is 0 Å². The summed E-state index contributed by atoms with van der Waals surface area (Å²) in [5.74, 6) is -1.26. The second kappa shape index (κ2) is 6.32. The Bertz CT molecular complexity index is 344. The average Bonchev–Trinajstić information content (AvgIpc) is 2.12. The Balaban J connectivity index is 4.85. The zero-order valence-corrected chi connectivity index (χ0v) is 11.6. The van der Waals surface area contributed by atoms with Gasteiger partial charge >= 0.3 is 5.97 Å². The van der Waals surface area contributed by atoms with Crippen molar-refractivity contribution in [2.45, 2.75) is 32.7 Å². The number of ether oxygens (including phenoxy) is 1. The van der Waals surface area contributed by atoms with E-state index in [9.17, 15) is 13.2 Å². The fourth-order valence-electron chi connectivity index (χ4n) is 1.37. The van der Waals surface area contributed by atoms with Crippen molar-refractivity contribution in [2.75, 3.05) is 26.0 Å². The minimum absolute atomic E-state index is 0.106. The maximum Gasteiger partial charge on any atom is 0.318 e. The van der Waals surface area contributed by atoms with Crippen LogP contribution in [0.25, 0.3) is 0 Å². The fraction of sp³-hybridized carbons (Fsp3) is 0.900. The maximum absolute atomic E-state index is 12.0.